The Balaban J connectivity index is 1.54. The van der Waals surface area contributed by atoms with Gasteiger partial charge in [0.1, 0.15) is 55.4 Å². The Labute approximate surface area is 380 Å². The molecule has 0 aromatic heterocycles. The van der Waals surface area contributed by atoms with Crippen LogP contribution in [0.15, 0.2) is 84.9 Å². The van der Waals surface area contributed by atoms with Gasteiger partial charge in [-0.15, -0.1) is 0 Å². The molecule has 1 aliphatic rings. The molecule has 4 atom stereocenters. The van der Waals surface area contributed by atoms with Crippen LogP contribution in [-0.4, -0.2) is 99.0 Å². The van der Waals surface area contributed by atoms with Crippen molar-refractivity contribution in [2.45, 2.75) is 76.5 Å². The molecule has 0 aliphatic carbocycles. The highest BCUT2D eigenvalue weighted by atomic mass is 16.5. The van der Waals surface area contributed by atoms with Crippen molar-refractivity contribution in [3.05, 3.63) is 107 Å². The van der Waals surface area contributed by atoms with Crippen LogP contribution >= 0.6 is 0 Å². The number of ether oxygens (including phenoxy) is 2. The van der Waals surface area contributed by atoms with Gasteiger partial charge in [-0.2, -0.15) is 5.26 Å². The molecule has 344 valence electrons. The van der Waals surface area contributed by atoms with Crippen LogP contribution in [-0.2, 0) is 32.0 Å². The SMILES string of the molecule is CCCCc1ccc(-c2ccc(C(=O)N[C@@H](CCCN)C(=O)N(C)[C@@H]3C(=O)N[C@@H](C)C(=O)N[C@H](C(=O)NCC#N)Cc4ccc(OCCN)c(c4)-c4cc3ccc4OCCN)cc2)cc1. The van der Waals surface area contributed by atoms with Crippen molar-refractivity contribution >= 4 is 29.5 Å². The first kappa shape index (κ1) is 49.2. The summed E-state index contributed by atoms with van der Waals surface area (Å²) in [6, 6.07) is 22.8. The number of unbranched alkanes of at least 4 members (excludes halogenated alkanes) is 1. The molecule has 4 aromatic rings. The zero-order valence-corrected chi connectivity index (χ0v) is 37.4. The smallest absolute Gasteiger partial charge is 0.251 e. The van der Waals surface area contributed by atoms with E-state index in [4.69, 9.17) is 31.9 Å². The minimum Gasteiger partial charge on any atom is -0.492 e. The maximum atomic E-state index is 14.7. The van der Waals surface area contributed by atoms with Gasteiger partial charge in [0.15, 0.2) is 0 Å². The van der Waals surface area contributed by atoms with Crippen LogP contribution < -0.4 is 47.9 Å². The number of nitrogens with one attached hydrogen (secondary N) is 4. The van der Waals surface area contributed by atoms with Crippen molar-refractivity contribution in [1.82, 2.24) is 26.2 Å². The number of nitrogens with two attached hydrogens (primary N) is 3. The average molecular weight is 888 g/mol. The van der Waals surface area contributed by atoms with Crippen LogP contribution in [0.4, 0.5) is 0 Å². The standard InChI is InChI=1S/C49H61N9O7/c1-4-5-7-32-9-12-34(13-10-32)35-14-16-36(17-15-35)46(60)56-40(8-6-21-50)49(63)58(3)44-37-18-20-43(65-27-24-53)39(30-37)38-28-33(11-19-42(38)64-26-23-52)29-41(47(61)54-25-22-51)57-45(59)31(2)55-48(44)62/h9-20,28,30-31,40-41,44H,4-8,21,23-27,29,50,52-53H2,1-3H3,(H,54,61)(H,55,62)(H,56,60)(H,57,59)/t31-,40-,41-,44-/m0/s1. The molecule has 5 amide bonds. The molecular formula is C49H61N9O7. The Morgan fingerprint density at radius 2 is 1.46 bits per heavy atom. The van der Waals surface area contributed by atoms with E-state index in [1.807, 2.05) is 18.2 Å². The highest BCUT2D eigenvalue weighted by molar-refractivity contribution is 5.99. The summed E-state index contributed by atoms with van der Waals surface area (Å²) in [4.78, 5) is 71.4. The molecule has 1 heterocycles. The van der Waals surface area contributed by atoms with E-state index >= 15 is 0 Å². The fourth-order valence-electron chi connectivity index (χ4n) is 7.59. The molecule has 0 radical (unpaired) electrons. The first-order chi connectivity index (χ1) is 31.4. The fourth-order valence-corrected chi connectivity index (χ4v) is 7.59. The summed E-state index contributed by atoms with van der Waals surface area (Å²) in [5, 5.41) is 20.0. The number of nitrogens with zero attached hydrogens (tertiary/aromatic N) is 2. The highest BCUT2D eigenvalue weighted by Gasteiger charge is 2.36. The molecule has 4 bridgehead atoms. The largest absolute Gasteiger partial charge is 0.492 e. The van der Waals surface area contributed by atoms with Crippen LogP contribution in [0, 0.1) is 11.3 Å². The zero-order chi connectivity index (χ0) is 46.9. The van der Waals surface area contributed by atoms with Crippen molar-refractivity contribution in [2.75, 3.05) is 46.4 Å². The lowest BCUT2D eigenvalue weighted by Gasteiger charge is -2.32. The van der Waals surface area contributed by atoms with E-state index in [9.17, 15) is 24.0 Å². The molecule has 16 heteroatoms. The van der Waals surface area contributed by atoms with Gasteiger partial charge in [-0.25, -0.2) is 0 Å². The van der Waals surface area contributed by atoms with Crippen molar-refractivity contribution in [3.8, 4) is 39.8 Å². The molecule has 65 heavy (non-hydrogen) atoms. The molecule has 16 nitrogen and oxygen atoms in total. The van der Waals surface area contributed by atoms with Crippen LogP contribution in [0.3, 0.4) is 0 Å². The predicted octanol–water partition coefficient (Wildman–Crippen LogP) is 3.26. The number of amides is 5. The van der Waals surface area contributed by atoms with E-state index in [2.05, 4.69) is 52.5 Å². The van der Waals surface area contributed by atoms with Gasteiger partial charge < -0.3 is 52.8 Å². The van der Waals surface area contributed by atoms with Gasteiger partial charge in [-0.1, -0.05) is 61.9 Å². The molecular weight excluding hydrogens is 827 g/mol. The maximum Gasteiger partial charge on any atom is 0.251 e. The Morgan fingerprint density at radius 3 is 2.08 bits per heavy atom. The summed E-state index contributed by atoms with van der Waals surface area (Å²) in [6.45, 7) is 4.28. The second-order valence-electron chi connectivity index (χ2n) is 15.9. The monoisotopic (exact) mass is 887 g/mol. The molecule has 0 spiro atoms. The van der Waals surface area contributed by atoms with Gasteiger partial charge in [0.05, 0.1) is 6.07 Å². The minimum atomic E-state index is -1.36. The van der Waals surface area contributed by atoms with Gasteiger partial charge >= 0.3 is 0 Å². The maximum absolute atomic E-state index is 14.7. The van der Waals surface area contributed by atoms with Gasteiger partial charge in [0.25, 0.3) is 5.91 Å². The lowest BCUT2D eigenvalue weighted by atomic mass is 9.93. The van der Waals surface area contributed by atoms with Crippen LogP contribution in [0.25, 0.3) is 22.3 Å². The number of carbonyl (C=O) groups is 5. The summed E-state index contributed by atoms with van der Waals surface area (Å²) >= 11 is 0. The molecule has 0 unspecified atom stereocenters. The summed E-state index contributed by atoms with van der Waals surface area (Å²) in [5.74, 6) is -2.29. The predicted molar refractivity (Wildman–Crippen MR) is 248 cm³/mol. The second-order valence-corrected chi connectivity index (χ2v) is 15.9. The topological polar surface area (TPSA) is 257 Å². The molecule has 10 N–H and O–H groups in total. The van der Waals surface area contributed by atoms with Crippen LogP contribution in [0.5, 0.6) is 11.5 Å². The van der Waals surface area contributed by atoms with Crippen LogP contribution in [0.1, 0.15) is 72.6 Å². The van der Waals surface area contributed by atoms with Gasteiger partial charge in [-0.3, -0.25) is 24.0 Å². The third-order valence-corrected chi connectivity index (χ3v) is 11.1. The molecule has 0 saturated heterocycles. The number of fused-ring (bicyclic) bond motifs is 5. The summed E-state index contributed by atoms with van der Waals surface area (Å²) in [7, 11) is 1.45. The fraction of sp³-hybridized carbons (Fsp3) is 0.388. The van der Waals surface area contributed by atoms with Crippen LogP contribution in [0.2, 0.25) is 0 Å². The average Bonchev–Trinajstić information content (AvgIpc) is 3.32. The van der Waals surface area contributed by atoms with E-state index in [-0.39, 0.29) is 52.2 Å². The second kappa shape index (κ2) is 24.3. The molecule has 0 saturated carbocycles. The van der Waals surface area contributed by atoms with E-state index in [0.717, 1.165) is 30.4 Å². The number of benzene rings is 4. The quantitative estimate of drug-likeness (QED) is 0.0673. The number of likely N-dealkylation sites (N-methyl/N-ethyl adjacent to an activating group) is 1. The molecule has 5 rings (SSSR count). The van der Waals surface area contributed by atoms with E-state index < -0.39 is 53.7 Å². The Kier molecular flexibility index (Phi) is 18.4. The van der Waals surface area contributed by atoms with Crippen molar-refractivity contribution in [1.29, 1.82) is 5.26 Å². The highest BCUT2D eigenvalue weighted by Crippen LogP contribution is 2.40. The summed E-state index contributed by atoms with van der Waals surface area (Å²) in [6.07, 6.45) is 3.82. The number of carbonyl (C=O) groups excluding carboxylic acids is 5. The van der Waals surface area contributed by atoms with Crippen molar-refractivity contribution < 1.29 is 33.4 Å². The van der Waals surface area contributed by atoms with E-state index in [0.29, 0.717) is 45.7 Å². The first-order valence-electron chi connectivity index (χ1n) is 22.1. The normalized spacial score (nSPS) is 16.4. The van der Waals surface area contributed by atoms with E-state index in [1.54, 1.807) is 48.5 Å². The van der Waals surface area contributed by atoms with Gasteiger partial charge in [0, 0.05) is 43.2 Å². The lowest BCUT2D eigenvalue weighted by molar-refractivity contribution is -0.141. The van der Waals surface area contributed by atoms with Gasteiger partial charge in [0.2, 0.25) is 23.6 Å². The van der Waals surface area contributed by atoms with Crippen molar-refractivity contribution in [2.24, 2.45) is 17.2 Å². The zero-order valence-electron chi connectivity index (χ0n) is 37.4. The lowest BCUT2D eigenvalue weighted by Crippen LogP contribution is -2.56. The first-order valence-corrected chi connectivity index (χ1v) is 22.1. The third-order valence-electron chi connectivity index (χ3n) is 11.1. The molecule has 4 aromatic carbocycles. The number of hydrogen-bond acceptors (Lipinski definition) is 11. The molecule has 1 aliphatic heterocycles. The summed E-state index contributed by atoms with van der Waals surface area (Å²) in [5.41, 5.74) is 23.1. The number of nitriles is 1. The van der Waals surface area contributed by atoms with Gasteiger partial charge in [-0.05, 0) is 103 Å². The number of aryl methyl sites for hydroxylation is 1. The summed E-state index contributed by atoms with van der Waals surface area (Å²) < 4.78 is 12.2. The third kappa shape index (κ3) is 13.1. The number of hydrogen-bond donors (Lipinski definition) is 7. The Bertz CT molecular complexity index is 2310. The Hall–Kier alpha value is -6.80. The minimum absolute atomic E-state index is 0.0133. The van der Waals surface area contributed by atoms with Crippen molar-refractivity contribution in [3.63, 3.8) is 0 Å². The van der Waals surface area contributed by atoms with E-state index in [1.165, 1.54) is 24.4 Å². The number of rotatable bonds is 19. The Morgan fingerprint density at radius 1 is 0.831 bits per heavy atom. The molecule has 0 fully saturated rings.